The predicted octanol–water partition coefficient (Wildman–Crippen LogP) is 2.14. The first-order valence-electron chi connectivity index (χ1n) is 8.24. The molecular weight excluding hydrogens is 323 g/mol. The molecule has 1 saturated carbocycles. The van der Waals surface area contributed by atoms with E-state index in [4.69, 9.17) is 11.5 Å². The van der Waals surface area contributed by atoms with Gasteiger partial charge in [0, 0.05) is 12.1 Å². The molecule has 0 aliphatic heterocycles. The highest BCUT2D eigenvalue weighted by Gasteiger charge is 2.22. The van der Waals surface area contributed by atoms with Crippen LogP contribution in [0.2, 0.25) is 0 Å². The quantitative estimate of drug-likeness (QED) is 0.617. The molecule has 132 valence electrons. The third-order valence-corrected chi connectivity index (χ3v) is 4.27. The summed E-state index contributed by atoms with van der Waals surface area (Å²) in [5.74, 6) is -1.04. The van der Waals surface area contributed by atoms with Crippen molar-refractivity contribution in [3.05, 3.63) is 42.1 Å². The number of carbonyl (C=O) groups excluding carboxylic acids is 1. The van der Waals surface area contributed by atoms with E-state index in [2.05, 4.69) is 20.6 Å². The monoisotopic (exact) mass is 344 g/mol. The number of aromatic nitrogens is 2. The van der Waals surface area contributed by atoms with E-state index in [1.54, 1.807) is 18.3 Å². The third-order valence-electron chi connectivity index (χ3n) is 4.27. The van der Waals surface area contributed by atoms with Crippen molar-refractivity contribution >= 4 is 23.1 Å². The molecule has 0 aromatic carbocycles. The summed E-state index contributed by atoms with van der Waals surface area (Å²) in [6.45, 7) is 0. The molecule has 1 aliphatic carbocycles. The van der Waals surface area contributed by atoms with Crippen molar-refractivity contribution in [2.24, 2.45) is 11.5 Å². The van der Waals surface area contributed by atoms with Gasteiger partial charge in [-0.1, -0.05) is 18.9 Å². The topological polar surface area (TPSA) is 119 Å². The van der Waals surface area contributed by atoms with Crippen molar-refractivity contribution in [3.8, 4) is 0 Å². The van der Waals surface area contributed by atoms with Crippen LogP contribution in [0.1, 0.15) is 36.2 Å². The molecule has 8 heteroatoms. The lowest BCUT2D eigenvalue weighted by atomic mass is 9.91. The highest BCUT2D eigenvalue weighted by Crippen LogP contribution is 2.25. The number of hydrogen-bond donors (Lipinski definition) is 4. The van der Waals surface area contributed by atoms with Crippen molar-refractivity contribution in [2.45, 2.75) is 37.8 Å². The smallest absolute Gasteiger partial charge is 0.269 e. The first-order valence-corrected chi connectivity index (χ1v) is 8.24. The summed E-state index contributed by atoms with van der Waals surface area (Å²) in [4.78, 5) is 19.5. The summed E-state index contributed by atoms with van der Waals surface area (Å²) in [5, 5.41) is 6.26. The number of rotatable bonds is 5. The molecule has 3 rings (SSSR count). The lowest BCUT2D eigenvalue weighted by Gasteiger charge is -2.30. The number of nitrogens with one attached hydrogen (secondary N) is 2. The number of anilines is 3. The lowest BCUT2D eigenvalue weighted by molar-refractivity contribution is 0.0996. The Bertz CT molecular complexity index is 769. The van der Waals surface area contributed by atoms with Gasteiger partial charge in [-0.3, -0.25) is 4.79 Å². The van der Waals surface area contributed by atoms with Crippen LogP contribution in [0.25, 0.3) is 0 Å². The van der Waals surface area contributed by atoms with Gasteiger partial charge in [0.2, 0.25) is 5.95 Å². The van der Waals surface area contributed by atoms with Crippen LogP contribution in [0.4, 0.5) is 21.6 Å². The number of hydrogen-bond acceptors (Lipinski definition) is 6. The molecule has 0 saturated heterocycles. The summed E-state index contributed by atoms with van der Waals surface area (Å²) in [5.41, 5.74) is 12.7. The van der Waals surface area contributed by atoms with Gasteiger partial charge in [-0.05, 0) is 31.0 Å². The minimum atomic E-state index is -0.681. The molecule has 0 bridgehead atoms. The second-order valence-electron chi connectivity index (χ2n) is 6.15. The van der Waals surface area contributed by atoms with Crippen LogP contribution in [-0.2, 0) is 0 Å². The SMILES string of the molecule is NC(=O)c1ncc(N[C@@H]2CCCC[C@@H]2N)cc1Nc1cccc(F)n1. The summed E-state index contributed by atoms with van der Waals surface area (Å²) in [6, 6.07) is 6.28. The van der Waals surface area contributed by atoms with E-state index in [1.165, 1.54) is 12.1 Å². The Morgan fingerprint density at radius 2 is 2.08 bits per heavy atom. The molecule has 6 N–H and O–H groups in total. The van der Waals surface area contributed by atoms with Gasteiger partial charge >= 0.3 is 0 Å². The Morgan fingerprint density at radius 1 is 1.28 bits per heavy atom. The molecule has 1 aliphatic rings. The average molecular weight is 344 g/mol. The van der Waals surface area contributed by atoms with Crippen LogP contribution in [0.15, 0.2) is 30.5 Å². The van der Waals surface area contributed by atoms with Gasteiger partial charge in [0.15, 0.2) is 5.69 Å². The van der Waals surface area contributed by atoms with E-state index in [0.717, 1.165) is 25.7 Å². The van der Waals surface area contributed by atoms with Crippen molar-refractivity contribution in [1.82, 2.24) is 9.97 Å². The minimum absolute atomic E-state index is 0.0598. The molecule has 25 heavy (non-hydrogen) atoms. The third kappa shape index (κ3) is 4.21. The van der Waals surface area contributed by atoms with Gasteiger partial charge in [0.1, 0.15) is 5.82 Å². The zero-order chi connectivity index (χ0) is 17.8. The zero-order valence-electron chi connectivity index (χ0n) is 13.7. The van der Waals surface area contributed by atoms with Crippen LogP contribution in [0, 0.1) is 5.95 Å². The number of pyridine rings is 2. The summed E-state index contributed by atoms with van der Waals surface area (Å²) in [7, 11) is 0. The Labute approximate surface area is 145 Å². The average Bonchev–Trinajstić information content (AvgIpc) is 2.57. The van der Waals surface area contributed by atoms with Crippen LogP contribution < -0.4 is 22.1 Å². The molecule has 1 amide bonds. The number of primary amides is 1. The van der Waals surface area contributed by atoms with E-state index in [0.29, 0.717) is 11.4 Å². The predicted molar refractivity (Wildman–Crippen MR) is 94.1 cm³/mol. The molecule has 0 spiro atoms. The van der Waals surface area contributed by atoms with Gasteiger partial charge < -0.3 is 22.1 Å². The Hall–Kier alpha value is -2.74. The van der Waals surface area contributed by atoms with Crippen LogP contribution in [0.3, 0.4) is 0 Å². The Morgan fingerprint density at radius 3 is 2.80 bits per heavy atom. The summed E-state index contributed by atoms with van der Waals surface area (Å²) >= 11 is 0. The standard InChI is InChI=1S/C17H21FN6O/c18-14-6-3-7-15(24-14)23-13-8-10(9-21-16(13)17(20)25)22-12-5-2-1-4-11(12)19/h3,6-9,11-12,22H,1-2,4-5,19H2,(H2,20,25)(H,23,24)/t11-,12+/m0/s1. The zero-order valence-corrected chi connectivity index (χ0v) is 13.7. The first-order chi connectivity index (χ1) is 12.0. The van der Waals surface area contributed by atoms with Crippen molar-refractivity contribution in [2.75, 3.05) is 10.6 Å². The lowest BCUT2D eigenvalue weighted by Crippen LogP contribution is -2.42. The Balaban J connectivity index is 1.85. The van der Waals surface area contributed by atoms with Gasteiger partial charge in [-0.15, -0.1) is 0 Å². The maximum absolute atomic E-state index is 13.3. The first kappa shape index (κ1) is 17.1. The molecule has 2 aromatic rings. The highest BCUT2D eigenvalue weighted by atomic mass is 19.1. The number of nitrogens with two attached hydrogens (primary N) is 2. The van der Waals surface area contributed by atoms with Crippen molar-refractivity contribution in [1.29, 1.82) is 0 Å². The van der Waals surface area contributed by atoms with E-state index in [9.17, 15) is 9.18 Å². The fraction of sp³-hybridized carbons (Fsp3) is 0.353. The highest BCUT2D eigenvalue weighted by molar-refractivity contribution is 5.97. The maximum Gasteiger partial charge on any atom is 0.269 e. The Kier molecular flexibility index (Phi) is 5.08. The maximum atomic E-state index is 13.3. The molecular formula is C17H21FN6O. The molecule has 7 nitrogen and oxygen atoms in total. The van der Waals surface area contributed by atoms with Gasteiger partial charge in [-0.2, -0.15) is 4.39 Å². The second-order valence-corrected chi connectivity index (χ2v) is 6.15. The van der Waals surface area contributed by atoms with Crippen molar-refractivity contribution in [3.63, 3.8) is 0 Å². The fourth-order valence-electron chi connectivity index (χ4n) is 3.00. The number of amides is 1. The molecule has 2 heterocycles. The molecule has 2 atom stereocenters. The van der Waals surface area contributed by atoms with Gasteiger partial charge in [0.25, 0.3) is 5.91 Å². The molecule has 0 radical (unpaired) electrons. The largest absolute Gasteiger partial charge is 0.379 e. The number of halogens is 1. The second kappa shape index (κ2) is 7.43. The molecule has 0 unspecified atom stereocenters. The van der Waals surface area contributed by atoms with Gasteiger partial charge in [-0.25, -0.2) is 9.97 Å². The molecule has 2 aromatic heterocycles. The fourth-order valence-corrected chi connectivity index (χ4v) is 3.00. The van der Waals surface area contributed by atoms with Crippen LogP contribution >= 0.6 is 0 Å². The van der Waals surface area contributed by atoms with E-state index in [1.807, 2.05) is 0 Å². The van der Waals surface area contributed by atoms with Crippen LogP contribution in [0.5, 0.6) is 0 Å². The van der Waals surface area contributed by atoms with E-state index >= 15 is 0 Å². The van der Waals surface area contributed by atoms with Crippen molar-refractivity contribution < 1.29 is 9.18 Å². The molecule has 1 fully saturated rings. The minimum Gasteiger partial charge on any atom is -0.379 e. The normalized spacial score (nSPS) is 20.1. The number of nitrogens with zero attached hydrogens (tertiary/aromatic N) is 2. The van der Waals surface area contributed by atoms with E-state index < -0.39 is 11.9 Å². The van der Waals surface area contributed by atoms with E-state index in [-0.39, 0.29) is 23.6 Å². The summed E-state index contributed by atoms with van der Waals surface area (Å²) in [6.07, 6.45) is 5.76. The summed E-state index contributed by atoms with van der Waals surface area (Å²) < 4.78 is 13.3. The van der Waals surface area contributed by atoms with Crippen LogP contribution in [-0.4, -0.2) is 28.0 Å². The number of carbonyl (C=O) groups is 1. The van der Waals surface area contributed by atoms with Gasteiger partial charge in [0.05, 0.1) is 17.6 Å².